The zero-order valence-corrected chi connectivity index (χ0v) is 12.6. The zero-order valence-electron chi connectivity index (χ0n) is 11.7. The largest absolute Gasteiger partial charge is 0.341 e. The number of hydrogen-bond acceptors (Lipinski definition) is 3. The Bertz CT molecular complexity index is 616. The van der Waals surface area contributed by atoms with Gasteiger partial charge in [-0.25, -0.2) is 5.10 Å². The Morgan fingerprint density at radius 2 is 2.00 bits per heavy atom. The number of anilines is 1. The first-order chi connectivity index (χ1) is 9.75. The van der Waals surface area contributed by atoms with Crippen molar-refractivity contribution in [1.82, 2.24) is 14.8 Å². The van der Waals surface area contributed by atoms with E-state index in [1.54, 1.807) is 0 Å². The van der Waals surface area contributed by atoms with Crippen LogP contribution in [0.3, 0.4) is 0 Å². The van der Waals surface area contributed by atoms with Gasteiger partial charge < -0.3 is 4.90 Å². The molecule has 106 valence electrons. The van der Waals surface area contributed by atoms with Gasteiger partial charge in [-0.1, -0.05) is 25.1 Å². The number of H-pyrrole nitrogens is 1. The van der Waals surface area contributed by atoms with Gasteiger partial charge in [-0.2, -0.15) is 0 Å². The van der Waals surface area contributed by atoms with Crippen molar-refractivity contribution in [3.05, 3.63) is 35.1 Å². The minimum absolute atomic E-state index is 0.656. The van der Waals surface area contributed by atoms with Gasteiger partial charge in [0.2, 0.25) is 10.7 Å². The van der Waals surface area contributed by atoms with Crippen LogP contribution < -0.4 is 4.90 Å². The molecule has 1 aromatic heterocycles. The molecule has 0 bridgehead atoms. The Hall–Kier alpha value is -1.62. The number of nitrogens with zero attached hydrogens (tertiary/aromatic N) is 3. The molecule has 1 atom stereocenters. The van der Waals surface area contributed by atoms with Gasteiger partial charge in [0, 0.05) is 13.1 Å². The second-order valence-electron chi connectivity index (χ2n) is 5.52. The molecule has 0 spiro atoms. The van der Waals surface area contributed by atoms with Crippen LogP contribution in [-0.2, 0) is 0 Å². The highest BCUT2D eigenvalue weighted by molar-refractivity contribution is 7.71. The molecule has 1 saturated heterocycles. The lowest BCUT2D eigenvalue weighted by molar-refractivity contribution is 0.520. The summed E-state index contributed by atoms with van der Waals surface area (Å²) in [6, 6.07) is 10.2. The van der Waals surface area contributed by atoms with Gasteiger partial charge in [0.1, 0.15) is 0 Å². The maximum atomic E-state index is 5.40. The standard InChI is InChI=1S/C15H20N4S/c1-12-6-5-10-18(11-9-12)14-16-17-15(20)19(14)13-7-3-2-4-8-13/h2-4,7-8,12H,5-6,9-11H2,1H3,(H,17,20). The van der Waals surface area contributed by atoms with E-state index in [0.717, 1.165) is 30.6 Å². The van der Waals surface area contributed by atoms with E-state index in [9.17, 15) is 0 Å². The molecule has 1 aliphatic heterocycles. The molecular weight excluding hydrogens is 268 g/mol. The topological polar surface area (TPSA) is 36.9 Å². The number of hydrogen-bond donors (Lipinski definition) is 1. The van der Waals surface area contributed by atoms with Gasteiger partial charge >= 0.3 is 0 Å². The Kier molecular flexibility index (Phi) is 3.87. The van der Waals surface area contributed by atoms with Crippen LogP contribution in [0.1, 0.15) is 26.2 Å². The van der Waals surface area contributed by atoms with Crippen molar-refractivity contribution in [3.63, 3.8) is 0 Å². The summed E-state index contributed by atoms with van der Waals surface area (Å²) in [6.45, 7) is 4.43. The lowest BCUT2D eigenvalue weighted by Gasteiger charge is -2.21. The second-order valence-corrected chi connectivity index (χ2v) is 5.91. The van der Waals surface area contributed by atoms with Gasteiger partial charge in [-0.3, -0.25) is 4.57 Å². The Morgan fingerprint density at radius 3 is 2.80 bits per heavy atom. The van der Waals surface area contributed by atoms with Gasteiger partial charge in [0.05, 0.1) is 5.69 Å². The van der Waals surface area contributed by atoms with Crippen molar-refractivity contribution in [2.24, 2.45) is 5.92 Å². The second kappa shape index (κ2) is 5.79. The molecule has 1 fully saturated rings. The highest BCUT2D eigenvalue weighted by Gasteiger charge is 2.19. The first-order valence-corrected chi connectivity index (χ1v) is 7.64. The SMILES string of the molecule is CC1CCCN(c2n[nH]c(=S)n2-c2ccccc2)CC1. The van der Waals surface area contributed by atoms with E-state index in [1.807, 2.05) is 22.8 Å². The van der Waals surface area contributed by atoms with Crippen LogP contribution in [-0.4, -0.2) is 27.9 Å². The first kappa shape index (κ1) is 13.4. The third-order valence-corrected chi connectivity index (χ3v) is 4.24. The minimum atomic E-state index is 0.656. The zero-order chi connectivity index (χ0) is 13.9. The van der Waals surface area contributed by atoms with Crippen molar-refractivity contribution in [1.29, 1.82) is 0 Å². The van der Waals surface area contributed by atoms with Crippen LogP contribution >= 0.6 is 12.2 Å². The molecule has 20 heavy (non-hydrogen) atoms. The fraction of sp³-hybridized carbons (Fsp3) is 0.467. The first-order valence-electron chi connectivity index (χ1n) is 7.23. The predicted octanol–water partition coefficient (Wildman–Crippen LogP) is 3.56. The summed E-state index contributed by atoms with van der Waals surface area (Å²) in [5, 5.41) is 7.39. The van der Waals surface area contributed by atoms with E-state index in [4.69, 9.17) is 12.2 Å². The molecule has 0 amide bonds. The lowest BCUT2D eigenvalue weighted by atomic mass is 10.0. The molecule has 2 heterocycles. The number of benzene rings is 1. The van der Waals surface area contributed by atoms with Crippen LogP contribution in [0.4, 0.5) is 5.95 Å². The lowest BCUT2D eigenvalue weighted by Crippen LogP contribution is -2.27. The van der Waals surface area contributed by atoms with Crippen LogP contribution in [0, 0.1) is 10.7 Å². The molecule has 5 heteroatoms. The number of aromatic nitrogens is 3. The number of para-hydroxylation sites is 1. The highest BCUT2D eigenvalue weighted by atomic mass is 32.1. The van der Waals surface area contributed by atoms with E-state index in [1.165, 1.54) is 19.3 Å². The smallest absolute Gasteiger partial charge is 0.230 e. The summed E-state index contributed by atoms with van der Waals surface area (Å²) < 4.78 is 2.69. The average Bonchev–Trinajstić information content (AvgIpc) is 2.71. The summed E-state index contributed by atoms with van der Waals surface area (Å²) in [6.07, 6.45) is 3.73. The van der Waals surface area contributed by atoms with E-state index >= 15 is 0 Å². The molecule has 0 saturated carbocycles. The maximum absolute atomic E-state index is 5.40. The van der Waals surface area contributed by atoms with E-state index in [0.29, 0.717) is 4.77 Å². The molecule has 1 N–H and O–H groups in total. The predicted molar refractivity (Wildman–Crippen MR) is 84.0 cm³/mol. The maximum Gasteiger partial charge on any atom is 0.230 e. The Labute approximate surface area is 124 Å². The highest BCUT2D eigenvalue weighted by Crippen LogP contribution is 2.23. The summed E-state index contributed by atoms with van der Waals surface area (Å²) in [7, 11) is 0. The molecule has 3 rings (SSSR count). The third-order valence-electron chi connectivity index (χ3n) is 3.97. The van der Waals surface area contributed by atoms with Crippen LogP contribution in [0.15, 0.2) is 30.3 Å². The summed E-state index contributed by atoms with van der Waals surface area (Å²) >= 11 is 5.40. The molecule has 1 aromatic carbocycles. The van der Waals surface area contributed by atoms with Crippen molar-refractivity contribution in [3.8, 4) is 5.69 Å². The Balaban J connectivity index is 1.97. The van der Waals surface area contributed by atoms with Gasteiger partial charge in [0.25, 0.3) is 0 Å². The van der Waals surface area contributed by atoms with E-state index in [-0.39, 0.29) is 0 Å². The van der Waals surface area contributed by atoms with Crippen LogP contribution in [0.5, 0.6) is 0 Å². The molecule has 4 nitrogen and oxygen atoms in total. The molecule has 1 aliphatic rings. The van der Waals surface area contributed by atoms with Crippen molar-refractivity contribution in [2.45, 2.75) is 26.2 Å². The van der Waals surface area contributed by atoms with Crippen molar-refractivity contribution < 1.29 is 0 Å². The number of rotatable bonds is 2. The van der Waals surface area contributed by atoms with Gasteiger partial charge in [-0.05, 0) is 49.5 Å². The molecule has 2 aromatic rings. The normalized spacial score (nSPS) is 19.9. The molecular formula is C15H20N4S. The minimum Gasteiger partial charge on any atom is -0.341 e. The Morgan fingerprint density at radius 1 is 1.20 bits per heavy atom. The van der Waals surface area contributed by atoms with Crippen LogP contribution in [0.2, 0.25) is 0 Å². The van der Waals surface area contributed by atoms with E-state index in [2.05, 4.69) is 34.2 Å². The number of nitrogens with one attached hydrogen (secondary N) is 1. The fourth-order valence-electron chi connectivity index (χ4n) is 2.77. The molecule has 1 unspecified atom stereocenters. The fourth-order valence-corrected chi connectivity index (χ4v) is 3.01. The summed E-state index contributed by atoms with van der Waals surface area (Å²) in [5.74, 6) is 1.74. The van der Waals surface area contributed by atoms with E-state index < -0.39 is 0 Å². The molecule has 0 radical (unpaired) electrons. The van der Waals surface area contributed by atoms with Gasteiger partial charge in [-0.15, -0.1) is 5.10 Å². The third kappa shape index (κ3) is 2.63. The quantitative estimate of drug-likeness (QED) is 0.859. The van der Waals surface area contributed by atoms with Crippen molar-refractivity contribution >= 4 is 18.2 Å². The van der Waals surface area contributed by atoms with Crippen LogP contribution in [0.25, 0.3) is 5.69 Å². The molecule has 0 aliphatic carbocycles. The van der Waals surface area contributed by atoms with Crippen molar-refractivity contribution in [2.75, 3.05) is 18.0 Å². The van der Waals surface area contributed by atoms with Gasteiger partial charge in [0.15, 0.2) is 0 Å². The average molecular weight is 288 g/mol. The summed E-state index contributed by atoms with van der Waals surface area (Å²) in [5.41, 5.74) is 1.07. The number of aromatic amines is 1. The monoisotopic (exact) mass is 288 g/mol. The summed E-state index contributed by atoms with van der Waals surface area (Å²) in [4.78, 5) is 2.35.